The van der Waals surface area contributed by atoms with E-state index >= 15 is 0 Å². The number of carboxylic acid groups (broad SMARTS) is 1. The first kappa shape index (κ1) is 13.7. The van der Waals surface area contributed by atoms with Crippen molar-refractivity contribution < 1.29 is 32.3 Å². The molecule has 3 nitrogen and oxygen atoms in total. The summed E-state index contributed by atoms with van der Waals surface area (Å²) in [6.07, 6.45) is -6.25. The molecule has 0 bridgehead atoms. The zero-order chi connectivity index (χ0) is 10.3. The number of hydrogen-bond acceptors (Lipinski definition) is 2. The van der Waals surface area contributed by atoms with Gasteiger partial charge in [0.2, 0.25) is 0 Å². The molecule has 8 heteroatoms. The smallest absolute Gasteiger partial charge is 0.371 e. The maximum absolute atomic E-state index is 10.7. The van der Waals surface area contributed by atoms with Crippen LogP contribution in [0.2, 0.25) is 0 Å². The minimum Gasteiger partial charge on any atom is -0.477 e. The van der Waals surface area contributed by atoms with Crippen molar-refractivity contribution in [1.29, 1.82) is 0 Å². The first-order valence-electron chi connectivity index (χ1n) is 2.27. The third kappa shape index (κ3) is 11.9. The molecule has 0 aliphatic rings. The molecular formula is C4H3ClF4O3. The predicted molar refractivity (Wildman–Crippen MR) is 30.5 cm³/mol. The molecule has 0 rings (SSSR count). The van der Waals surface area contributed by atoms with E-state index < -0.39 is 24.1 Å². The lowest BCUT2D eigenvalue weighted by Crippen LogP contribution is -2.06. The number of alkyl halides is 4. The van der Waals surface area contributed by atoms with Crippen LogP contribution < -0.4 is 0 Å². The molecule has 72 valence electrons. The fourth-order valence-corrected chi connectivity index (χ4v) is 0. The zero-order valence-electron chi connectivity index (χ0n) is 5.31. The molecule has 12 heavy (non-hydrogen) atoms. The van der Waals surface area contributed by atoms with Gasteiger partial charge in [0.05, 0.1) is 0 Å². The van der Waals surface area contributed by atoms with Crippen LogP contribution in [0, 0.1) is 0 Å². The maximum Gasteiger partial charge on any atom is 0.371 e. The lowest BCUT2D eigenvalue weighted by molar-refractivity contribution is -0.149. The molecule has 0 amide bonds. The van der Waals surface area contributed by atoms with E-state index in [0.717, 1.165) is 0 Å². The Morgan fingerprint density at radius 3 is 1.25 bits per heavy atom. The number of carbonyl (C=O) groups is 2. The fourth-order valence-electron chi connectivity index (χ4n) is 0. The van der Waals surface area contributed by atoms with Crippen molar-refractivity contribution in [3.8, 4) is 0 Å². The summed E-state index contributed by atoms with van der Waals surface area (Å²) in [7, 11) is 0. The maximum atomic E-state index is 10.7. The Balaban J connectivity index is 0. The van der Waals surface area contributed by atoms with Crippen LogP contribution in [0.15, 0.2) is 0 Å². The van der Waals surface area contributed by atoms with Crippen LogP contribution in [0.5, 0.6) is 0 Å². The van der Waals surface area contributed by atoms with E-state index in [1.165, 1.54) is 0 Å². The molecule has 0 atom stereocenters. The average Bonchev–Trinajstić information content (AvgIpc) is 1.88. The molecule has 0 aromatic carbocycles. The highest BCUT2D eigenvalue weighted by atomic mass is 35.5. The van der Waals surface area contributed by atoms with E-state index in [1.807, 2.05) is 0 Å². The van der Waals surface area contributed by atoms with Crippen molar-refractivity contribution >= 4 is 22.8 Å². The van der Waals surface area contributed by atoms with E-state index in [2.05, 4.69) is 11.6 Å². The van der Waals surface area contributed by atoms with Gasteiger partial charge in [0.1, 0.15) is 0 Å². The van der Waals surface area contributed by atoms with Gasteiger partial charge in [0, 0.05) is 0 Å². The molecule has 0 spiro atoms. The molecule has 0 aliphatic heterocycles. The number of hydrogen-bond donors (Lipinski definition) is 1. The van der Waals surface area contributed by atoms with Gasteiger partial charge in [-0.3, -0.25) is 4.79 Å². The molecule has 1 N–H and O–H groups in total. The van der Waals surface area contributed by atoms with Crippen molar-refractivity contribution in [2.75, 3.05) is 0 Å². The molecule has 0 aromatic rings. The molecular weight excluding hydrogens is 207 g/mol. The van der Waals surface area contributed by atoms with Crippen LogP contribution in [0.4, 0.5) is 17.6 Å². The minimum absolute atomic E-state index is 1.60. The molecule has 0 saturated heterocycles. The van der Waals surface area contributed by atoms with E-state index in [-0.39, 0.29) is 0 Å². The third-order valence-electron chi connectivity index (χ3n) is 0.358. The van der Waals surface area contributed by atoms with E-state index in [4.69, 9.17) is 14.7 Å². The second kappa shape index (κ2) is 6.84. The van der Waals surface area contributed by atoms with E-state index in [1.54, 1.807) is 0 Å². The molecule has 0 aliphatic carbocycles. The molecule has 0 aromatic heterocycles. The molecule has 0 heterocycles. The van der Waals surface area contributed by atoms with E-state index in [0.29, 0.717) is 0 Å². The number of aliphatic carboxylic acids is 1. The van der Waals surface area contributed by atoms with Crippen molar-refractivity contribution in [1.82, 2.24) is 0 Å². The van der Waals surface area contributed by atoms with Crippen LogP contribution in [-0.4, -0.2) is 29.2 Å². The van der Waals surface area contributed by atoms with Crippen LogP contribution in [0.1, 0.15) is 0 Å². The van der Waals surface area contributed by atoms with Crippen molar-refractivity contribution in [3.63, 3.8) is 0 Å². The Morgan fingerprint density at radius 2 is 1.25 bits per heavy atom. The Kier molecular flexibility index (Phi) is 7.82. The standard InChI is InChI=1S/C2HClF2O.C2H2F2O2/c3-1(6)2(4)5;3-1(4)2(5)6/h2H;1H,(H,5,6). The van der Waals surface area contributed by atoms with Gasteiger partial charge in [-0.25, -0.2) is 13.6 Å². The summed E-state index contributed by atoms with van der Waals surface area (Å²) < 4.78 is 42.5. The van der Waals surface area contributed by atoms with Gasteiger partial charge in [-0.1, -0.05) is 0 Å². The van der Waals surface area contributed by atoms with Crippen LogP contribution in [0.3, 0.4) is 0 Å². The van der Waals surface area contributed by atoms with Gasteiger partial charge in [-0.2, -0.15) is 8.78 Å². The topological polar surface area (TPSA) is 54.4 Å². The van der Waals surface area contributed by atoms with Gasteiger partial charge < -0.3 is 5.11 Å². The van der Waals surface area contributed by atoms with Crippen LogP contribution in [-0.2, 0) is 9.59 Å². The Hall–Kier alpha value is -0.850. The summed E-state index contributed by atoms with van der Waals surface area (Å²) in [5.41, 5.74) is 0. The third-order valence-corrected chi connectivity index (χ3v) is 0.523. The summed E-state index contributed by atoms with van der Waals surface area (Å²) in [6.45, 7) is 0. The summed E-state index contributed by atoms with van der Waals surface area (Å²) in [6, 6.07) is 0. The number of carbonyl (C=O) groups excluding carboxylic acids is 1. The number of rotatable bonds is 2. The van der Waals surface area contributed by atoms with Gasteiger partial charge in [-0.05, 0) is 11.6 Å². The summed E-state index contributed by atoms with van der Waals surface area (Å²) >= 11 is 4.22. The lowest BCUT2D eigenvalue weighted by Gasteiger charge is -1.81. The quantitative estimate of drug-likeness (QED) is 0.553. The van der Waals surface area contributed by atoms with E-state index in [9.17, 15) is 17.6 Å². The predicted octanol–water partition coefficient (Wildman–Crippen LogP) is 1.35. The SMILES string of the molecule is O=C(Cl)C(F)F.O=C(O)C(F)F. The Bertz CT molecular complexity index is 142. The van der Waals surface area contributed by atoms with Gasteiger partial charge in [-0.15, -0.1) is 0 Å². The minimum atomic E-state index is -3.23. The number of carboxylic acids is 1. The summed E-state index contributed by atoms with van der Waals surface area (Å²) in [5, 5.41) is 5.64. The number of halogens is 5. The van der Waals surface area contributed by atoms with Gasteiger partial charge in [0.25, 0.3) is 5.24 Å². The molecule has 0 unspecified atom stereocenters. The van der Waals surface area contributed by atoms with Crippen molar-refractivity contribution in [2.24, 2.45) is 0 Å². The highest BCUT2D eigenvalue weighted by Gasteiger charge is 2.10. The Morgan fingerprint density at radius 1 is 1.08 bits per heavy atom. The first-order chi connectivity index (χ1) is 5.29. The second-order valence-corrected chi connectivity index (χ2v) is 1.62. The zero-order valence-corrected chi connectivity index (χ0v) is 6.06. The van der Waals surface area contributed by atoms with Gasteiger partial charge >= 0.3 is 18.8 Å². The van der Waals surface area contributed by atoms with Crippen molar-refractivity contribution in [3.05, 3.63) is 0 Å². The fraction of sp³-hybridized carbons (Fsp3) is 0.500. The monoisotopic (exact) mass is 210 g/mol. The lowest BCUT2D eigenvalue weighted by atomic mass is 10.7. The summed E-state index contributed by atoms with van der Waals surface area (Å²) in [4.78, 5) is 18.1. The highest BCUT2D eigenvalue weighted by Crippen LogP contribution is 1.95. The second-order valence-electron chi connectivity index (χ2n) is 1.24. The molecule has 0 fully saturated rings. The van der Waals surface area contributed by atoms with Crippen molar-refractivity contribution in [2.45, 2.75) is 12.9 Å². The van der Waals surface area contributed by atoms with Gasteiger partial charge in [0.15, 0.2) is 0 Å². The molecule has 0 radical (unpaired) electrons. The first-order valence-corrected chi connectivity index (χ1v) is 2.65. The average molecular weight is 211 g/mol. The summed E-state index contributed by atoms with van der Waals surface area (Å²) in [5.74, 6) is -2.07. The molecule has 0 saturated carbocycles. The van der Waals surface area contributed by atoms with Crippen LogP contribution in [0.25, 0.3) is 0 Å². The Labute approximate surface area is 68.9 Å². The largest absolute Gasteiger partial charge is 0.477 e. The highest BCUT2D eigenvalue weighted by molar-refractivity contribution is 6.64. The van der Waals surface area contributed by atoms with Crippen LogP contribution >= 0.6 is 11.6 Å². The normalized spacial score (nSPS) is 9.25.